The van der Waals surface area contributed by atoms with Crippen LogP contribution in [0.15, 0.2) is 35.4 Å². The summed E-state index contributed by atoms with van der Waals surface area (Å²) in [4.78, 5) is 10.8. The van der Waals surface area contributed by atoms with Gasteiger partial charge in [-0.2, -0.15) is 5.10 Å². The Bertz CT molecular complexity index is 475. The highest BCUT2D eigenvalue weighted by Crippen LogP contribution is 2.08. The minimum atomic E-state index is -0.675. The third kappa shape index (κ3) is 10.0. The first-order valence-corrected chi connectivity index (χ1v) is 8.99. The molecule has 0 aliphatic carbocycles. The number of carbonyl (C=O) groups excluding carboxylic acids is 1. The van der Waals surface area contributed by atoms with E-state index >= 15 is 0 Å². The summed E-state index contributed by atoms with van der Waals surface area (Å²) in [7, 11) is 0. The molecule has 0 saturated carbocycles. The van der Waals surface area contributed by atoms with Gasteiger partial charge in [-0.25, -0.2) is 10.2 Å². The first-order chi connectivity index (χ1) is 11.7. The van der Waals surface area contributed by atoms with Gasteiger partial charge in [-0.1, -0.05) is 82.2 Å². The number of carbonyl (C=O) groups is 1. The molecule has 3 N–H and O–H groups in total. The second-order valence-electron chi connectivity index (χ2n) is 5.93. The van der Waals surface area contributed by atoms with Crippen molar-refractivity contribution in [2.24, 2.45) is 10.8 Å². The maximum absolute atomic E-state index is 10.8. The number of amides is 2. The van der Waals surface area contributed by atoms with Crippen LogP contribution in [-0.4, -0.2) is 25.0 Å². The third-order valence-electron chi connectivity index (χ3n) is 3.79. The predicted octanol–water partition coefficient (Wildman–Crippen LogP) is 4.22. The second-order valence-corrected chi connectivity index (χ2v) is 5.93. The Morgan fingerprint density at radius 1 is 1.04 bits per heavy atom. The van der Waals surface area contributed by atoms with Crippen LogP contribution in [0.5, 0.6) is 0 Å². The van der Waals surface area contributed by atoms with Crippen molar-refractivity contribution >= 4 is 11.7 Å². The Hall–Kier alpha value is -1.88. The number of primary amides is 1. The van der Waals surface area contributed by atoms with Gasteiger partial charge < -0.3 is 10.5 Å². The van der Waals surface area contributed by atoms with Crippen LogP contribution in [0, 0.1) is 0 Å². The Morgan fingerprint density at radius 2 is 1.67 bits per heavy atom. The van der Waals surface area contributed by atoms with Crippen molar-refractivity contribution in [2.45, 2.75) is 58.3 Å². The molecule has 2 amide bonds. The fourth-order valence-corrected chi connectivity index (χ4v) is 2.44. The zero-order valence-corrected chi connectivity index (χ0v) is 14.8. The number of rotatable bonds is 13. The van der Waals surface area contributed by atoms with Crippen LogP contribution in [0.1, 0.15) is 63.9 Å². The minimum absolute atomic E-state index is 0.362. The smallest absolute Gasteiger partial charge is 0.332 e. The van der Waals surface area contributed by atoms with Gasteiger partial charge in [0.2, 0.25) is 0 Å². The van der Waals surface area contributed by atoms with Crippen LogP contribution in [0.2, 0.25) is 0 Å². The summed E-state index contributed by atoms with van der Waals surface area (Å²) in [5, 5.41) is 4.04. The molecular weight excluding hydrogens is 302 g/mol. The quantitative estimate of drug-likeness (QED) is 0.322. The van der Waals surface area contributed by atoms with Crippen molar-refractivity contribution in [1.82, 2.24) is 5.43 Å². The maximum atomic E-state index is 10.8. The van der Waals surface area contributed by atoms with Crippen molar-refractivity contribution in [3.8, 4) is 0 Å². The molecule has 0 spiro atoms. The molecule has 0 unspecified atom stereocenters. The zero-order chi connectivity index (χ0) is 17.5. The fourth-order valence-electron chi connectivity index (χ4n) is 2.44. The molecule has 1 aromatic rings. The van der Waals surface area contributed by atoms with Crippen molar-refractivity contribution in [3.63, 3.8) is 0 Å². The van der Waals surface area contributed by atoms with Gasteiger partial charge >= 0.3 is 6.03 Å². The molecule has 0 bridgehead atoms. The zero-order valence-electron chi connectivity index (χ0n) is 14.8. The topological polar surface area (TPSA) is 76.7 Å². The number of hydrogen-bond acceptors (Lipinski definition) is 3. The van der Waals surface area contributed by atoms with Crippen molar-refractivity contribution in [1.29, 1.82) is 0 Å². The predicted molar refractivity (Wildman–Crippen MR) is 99.1 cm³/mol. The highest BCUT2D eigenvalue weighted by Gasteiger charge is 2.04. The normalized spacial score (nSPS) is 11.5. The minimum Gasteiger partial charge on any atom is -0.375 e. The third-order valence-corrected chi connectivity index (χ3v) is 3.79. The van der Waals surface area contributed by atoms with Gasteiger partial charge in [-0.3, -0.25) is 0 Å². The van der Waals surface area contributed by atoms with Gasteiger partial charge in [-0.05, 0) is 6.42 Å². The number of hydrogen-bond donors (Lipinski definition) is 2. The number of nitrogens with zero attached hydrogens (tertiary/aromatic N) is 1. The van der Waals surface area contributed by atoms with Crippen LogP contribution in [0.3, 0.4) is 0 Å². The van der Waals surface area contributed by atoms with Gasteiger partial charge in [0.05, 0.1) is 12.3 Å². The second kappa shape index (κ2) is 13.5. The van der Waals surface area contributed by atoms with Gasteiger partial charge in [0.25, 0.3) is 0 Å². The number of nitrogens with two attached hydrogens (primary N) is 1. The lowest BCUT2D eigenvalue weighted by Crippen LogP contribution is -2.27. The summed E-state index contributed by atoms with van der Waals surface area (Å²) in [6.45, 7) is 3.31. The Labute approximate surface area is 145 Å². The molecule has 24 heavy (non-hydrogen) atoms. The Kier molecular flexibility index (Phi) is 11.4. The number of urea groups is 1. The summed E-state index contributed by atoms with van der Waals surface area (Å²) in [6.07, 6.45) is 10.2. The van der Waals surface area contributed by atoms with E-state index in [0.717, 1.165) is 12.0 Å². The summed E-state index contributed by atoms with van der Waals surface area (Å²) in [6, 6.07) is 8.97. The van der Waals surface area contributed by atoms with Crippen LogP contribution >= 0.6 is 0 Å². The fraction of sp³-hybridized carbons (Fsp3) is 0.579. The van der Waals surface area contributed by atoms with Crippen molar-refractivity contribution in [3.05, 3.63) is 35.9 Å². The van der Waals surface area contributed by atoms with Crippen LogP contribution < -0.4 is 11.2 Å². The maximum Gasteiger partial charge on any atom is 0.332 e. The van der Waals surface area contributed by atoms with Gasteiger partial charge in [0, 0.05) is 12.2 Å². The molecule has 0 atom stereocenters. The van der Waals surface area contributed by atoms with E-state index in [0.29, 0.717) is 18.9 Å². The van der Waals surface area contributed by atoms with Crippen LogP contribution in [0.4, 0.5) is 4.79 Å². The number of benzene rings is 1. The molecule has 0 heterocycles. The standard InChI is InChI=1S/C19H31N3O2/c1-2-3-4-5-6-7-8-12-15-24-16-18(21-22-19(20)23)17-13-10-9-11-14-17/h9-11,13-14H,2-8,12,15-16H2,1H3,(H3,20,22,23). The highest BCUT2D eigenvalue weighted by atomic mass is 16.5. The number of ether oxygens (including phenoxy) is 1. The molecule has 1 aromatic carbocycles. The largest absolute Gasteiger partial charge is 0.375 e. The molecular formula is C19H31N3O2. The van der Waals surface area contributed by atoms with Gasteiger partial charge in [-0.15, -0.1) is 0 Å². The number of hydrazone groups is 1. The average Bonchev–Trinajstić information content (AvgIpc) is 2.59. The molecule has 0 saturated heterocycles. The first-order valence-electron chi connectivity index (χ1n) is 8.99. The highest BCUT2D eigenvalue weighted by molar-refractivity contribution is 6.01. The molecule has 134 valence electrons. The van der Waals surface area contributed by atoms with Crippen molar-refractivity contribution < 1.29 is 9.53 Å². The SMILES string of the molecule is CCCCCCCCCCOCC(=NNC(N)=O)c1ccccc1. The van der Waals surface area contributed by atoms with E-state index in [-0.39, 0.29) is 0 Å². The summed E-state index contributed by atoms with van der Waals surface area (Å²) in [5.41, 5.74) is 8.94. The van der Waals surface area contributed by atoms with E-state index in [2.05, 4.69) is 17.5 Å². The van der Waals surface area contributed by atoms with E-state index in [1.165, 1.54) is 44.9 Å². The van der Waals surface area contributed by atoms with E-state index in [9.17, 15) is 4.79 Å². The summed E-state index contributed by atoms with van der Waals surface area (Å²) in [5.74, 6) is 0. The summed E-state index contributed by atoms with van der Waals surface area (Å²) < 4.78 is 5.70. The van der Waals surface area contributed by atoms with E-state index in [4.69, 9.17) is 10.5 Å². The monoisotopic (exact) mass is 333 g/mol. The lowest BCUT2D eigenvalue weighted by Gasteiger charge is -2.08. The molecule has 5 nitrogen and oxygen atoms in total. The van der Waals surface area contributed by atoms with Crippen LogP contribution in [0.25, 0.3) is 0 Å². The lowest BCUT2D eigenvalue weighted by molar-refractivity contribution is 0.166. The van der Waals surface area contributed by atoms with E-state index in [1.54, 1.807) is 0 Å². The van der Waals surface area contributed by atoms with Gasteiger partial charge in [0.1, 0.15) is 0 Å². The number of unbranched alkanes of at least 4 members (excludes halogenated alkanes) is 7. The molecule has 0 aliphatic rings. The van der Waals surface area contributed by atoms with E-state index < -0.39 is 6.03 Å². The van der Waals surface area contributed by atoms with Crippen LogP contribution in [-0.2, 0) is 4.74 Å². The Balaban J connectivity index is 2.21. The Morgan fingerprint density at radius 3 is 2.29 bits per heavy atom. The molecule has 1 rings (SSSR count). The molecule has 0 aliphatic heterocycles. The number of nitrogens with one attached hydrogen (secondary N) is 1. The summed E-state index contributed by atoms with van der Waals surface area (Å²) >= 11 is 0. The molecule has 0 fully saturated rings. The van der Waals surface area contributed by atoms with Gasteiger partial charge in [0.15, 0.2) is 0 Å². The first kappa shape index (κ1) is 20.2. The average molecular weight is 333 g/mol. The lowest BCUT2D eigenvalue weighted by atomic mass is 10.1. The molecule has 0 radical (unpaired) electrons. The van der Waals surface area contributed by atoms with Crippen molar-refractivity contribution in [2.75, 3.05) is 13.2 Å². The molecule has 0 aromatic heterocycles. The van der Waals surface area contributed by atoms with E-state index in [1.807, 2.05) is 30.3 Å². The molecule has 5 heteroatoms.